The van der Waals surface area contributed by atoms with Gasteiger partial charge in [-0.15, -0.1) is 0 Å². The highest BCUT2D eigenvalue weighted by Crippen LogP contribution is 2.15. The van der Waals surface area contributed by atoms with Crippen LogP contribution in [0.1, 0.15) is 168 Å². The summed E-state index contributed by atoms with van der Waals surface area (Å²) in [6, 6.07) is 0. The molecule has 0 radical (unpaired) electrons. The van der Waals surface area contributed by atoms with Gasteiger partial charge >= 0.3 is 0 Å². The van der Waals surface area contributed by atoms with E-state index in [1.807, 2.05) is 0 Å². The van der Waals surface area contributed by atoms with Crippen LogP contribution in [0.5, 0.6) is 0 Å². The van der Waals surface area contributed by atoms with Crippen molar-refractivity contribution in [1.82, 2.24) is 0 Å². The fourth-order valence-electron chi connectivity index (χ4n) is 4.87. The molecule has 0 spiro atoms. The van der Waals surface area contributed by atoms with Crippen LogP contribution in [0.3, 0.4) is 0 Å². The normalized spacial score (nSPS) is 11.2. The lowest BCUT2D eigenvalue weighted by Crippen LogP contribution is -2.41. The molecule has 34 heavy (non-hydrogen) atoms. The lowest BCUT2D eigenvalue weighted by molar-refractivity contribution is -0.890. The summed E-state index contributed by atoms with van der Waals surface area (Å²) in [6.07, 6.45) is 35.0. The zero-order valence-corrected chi connectivity index (χ0v) is 25.0. The summed E-state index contributed by atoms with van der Waals surface area (Å²) in [7, 11) is 4.91. The SMILES string of the molecule is CCCCCCCCCCCCCC[N+](C)(C)CCCCCCCCCCCCCC.[N-]=C=S. The second-order valence-electron chi connectivity index (χ2n) is 11.3. The van der Waals surface area contributed by atoms with E-state index in [1.165, 1.54) is 177 Å². The summed E-state index contributed by atoms with van der Waals surface area (Å²) in [5.41, 5.74) is 0. The summed E-state index contributed by atoms with van der Waals surface area (Å²) >= 11 is 3.70. The van der Waals surface area contributed by atoms with Crippen molar-refractivity contribution in [3.05, 3.63) is 5.41 Å². The third kappa shape index (κ3) is 33.9. The van der Waals surface area contributed by atoms with Crippen LogP contribution in [-0.2, 0) is 0 Å². The second kappa shape index (κ2) is 30.8. The minimum absolute atomic E-state index is 1.25. The van der Waals surface area contributed by atoms with Crippen molar-refractivity contribution in [1.29, 1.82) is 0 Å². The van der Waals surface area contributed by atoms with E-state index >= 15 is 0 Å². The van der Waals surface area contributed by atoms with Crippen LogP contribution < -0.4 is 0 Å². The van der Waals surface area contributed by atoms with Gasteiger partial charge in [0.25, 0.3) is 0 Å². The Morgan fingerprint density at radius 3 is 0.824 bits per heavy atom. The molecular formula is C31H64N2S. The van der Waals surface area contributed by atoms with E-state index in [4.69, 9.17) is 5.41 Å². The first-order valence-electron chi connectivity index (χ1n) is 15.4. The molecule has 0 fully saturated rings. The molecule has 3 heteroatoms. The van der Waals surface area contributed by atoms with Crippen LogP contribution in [0.25, 0.3) is 5.41 Å². The molecule has 0 heterocycles. The van der Waals surface area contributed by atoms with E-state index in [0.29, 0.717) is 0 Å². The summed E-state index contributed by atoms with van der Waals surface area (Å²) in [5.74, 6) is 0. The van der Waals surface area contributed by atoms with Gasteiger partial charge in [0.05, 0.1) is 27.2 Å². The predicted octanol–water partition coefficient (Wildman–Crippen LogP) is 11.1. The zero-order valence-electron chi connectivity index (χ0n) is 24.2. The summed E-state index contributed by atoms with van der Waals surface area (Å²) in [5, 5.41) is 8.47. The van der Waals surface area contributed by atoms with E-state index in [0.717, 1.165) is 0 Å². The first-order chi connectivity index (χ1) is 16.5. The van der Waals surface area contributed by atoms with Crippen molar-refractivity contribution in [2.75, 3.05) is 27.2 Å². The number of unbranched alkanes of at least 4 members (excludes halogenated alkanes) is 22. The molecule has 2 nitrogen and oxygen atoms in total. The van der Waals surface area contributed by atoms with Gasteiger partial charge in [0.2, 0.25) is 0 Å². The van der Waals surface area contributed by atoms with Crippen LogP contribution in [-0.4, -0.2) is 36.8 Å². The number of quaternary nitrogens is 1. The van der Waals surface area contributed by atoms with Crippen molar-refractivity contribution in [2.45, 2.75) is 168 Å². The lowest BCUT2D eigenvalue weighted by Gasteiger charge is -2.30. The molecule has 0 amide bonds. The van der Waals surface area contributed by atoms with Crippen LogP contribution in [0.4, 0.5) is 0 Å². The molecule has 0 bridgehead atoms. The van der Waals surface area contributed by atoms with Crippen molar-refractivity contribution >= 4 is 17.4 Å². The number of thiocarbonyl (C=S) groups is 1. The van der Waals surface area contributed by atoms with E-state index in [9.17, 15) is 0 Å². The van der Waals surface area contributed by atoms with Gasteiger partial charge in [0, 0.05) is 0 Å². The monoisotopic (exact) mass is 496 g/mol. The van der Waals surface area contributed by atoms with E-state index in [-0.39, 0.29) is 0 Å². The lowest BCUT2D eigenvalue weighted by atomic mass is 10.0. The third-order valence-corrected chi connectivity index (χ3v) is 7.23. The molecule has 0 saturated heterocycles. The van der Waals surface area contributed by atoms with Crippen LogP contribution in [0.2, 0.25) is 0 Å². The second-order valence-corrected chi connectivity index (χ2v) is 11.4. The fraction of sp³-hybridized carbons (Fsp3) is 0.968. The maximum absolute atomic E-state index is 7.13. The van der Waals surface area contributed by atoms with Crippen LogP contribution >= 0.6 is 12.2 Å². The fourth-order valence-corrected chi connectivity index (χ4v) is 4.87. The molecule has 0 atom stereocenters. The van der Waals surface area contributed by atoms with Crippen molar-refractivity contribution in [3.8, 4) is 0 Å². The molecule has 204 valence electrons. The molecule has 0 saturated carbocycles. The van der Waals surface area contributed by atoms with Gasteiger partial charge in [0.1, 0.15) is 0 Å². The Morgan fingerprint density at radius 2 is 0.618 bits per heavy atom. The van der Waals surface area contributed by atoms with E-state index < -0.39 is 0 Å². The number of isothiocyanates is 1. The number of nitrogens with zero attached hydrogens (tertiary/aromatic N) is 2. The molecule has 0 aliphatic rings. The Bertz CT molecular complexity index is 372. The average Bonchev–Trinajstić information content (AvgIpc) is 2.81. The Labute approximate surface area is 222 Å². The molecule has 0 aromatic carbocycles. The Hall–Kier alpha value is -0.240. The quantitative estimate of drug-likeness (QED) is 0.0505. The molecule has 0 N–H and O–H groups in total. The van der Waals surface area contributed by atoms with Crippen molar-refractivity contribution < 1.29 is 4.48 Å². The molecule has 0 aliphatic carbocycles. The highest BCUT2D eigenvalue weighted by Gasteiger charge is 2.13. The number of hydrogen-bond acceptors (Lipinski definition) is 1. The molecule has 0 aromatic rings. The smallest absolute Gasteiger partial charge is 0.0782 e. The highest BCUT2D eigenvalue weighted by atomic mass is 32.1. The summed E-state index contributed by atoms with van der Waals surface area (Å²) in [4.78, 5) is 0. The Balaban J connectivity index is 0. The van der Waals surface area contributed by atoms with Crippen LogP contribution in [0, 0.1) is 0 Å². The molecule has 0 rings (SSSR count). The molecule has 0 aromatic heterocycles. The predicted molar refractivity (Wildman–Crippen MR) is 160 cm³/mol. The van der Waals surface area contributed by atoms with E-state index in [1.54, 1.807) is 0 Å². The van der Waals surface area contributed by atoms with Gasteiger partial charge in [-0.3, -0.25) is 0 Å². The van der Waals surface area contributed by atoms with Gasteiger partial charge in [-0.2, -0.15) is 5.16 Å². The van der Waals surface area contributed by atoms with Gasteiger partial charge < -0.3 is 9.89 Å². The molecule has 0 unspecified atom stereocenters. The zero-order chi connectivity index (χ0) is 25.6. The van der Waals surface area contributed by atoms with Crippen molar-refractivity contribution in [2.24, 2.45) is 0 Å². The number of rotatable bonds is 26. The maximum Gasteiger partial charge on any atom is 0.0782 e. The Kier molecular flexibility index (Phi) is 32.5. The van der Waals surface area contributed by atoms with Gasteiger partial charge in [-0.1, -0.05) is 154 Å². The Morgan fingerprint density at radius 1 is 0.441 bits per heavy atom. The number of hydrogen-bond donors (Lipinski definition) is 0. The highest BCUT2D eigenvalue weighted by molar-refractivity contribution is 7.78. The average molecular weight is 497 g/mol. The minimum Gasteiger partial charge on any atom is -0.753 e. The van der Waals surface area contributed by atoms with Crippen molar-refractivity contribution in [3.63, 3.8) is 0 Å². The van der Waals surface area contributed by atoms with Gasteiger partial charge in [0.15, 0.2) is 0 Å². The van der Waals surface area contributed by atoms with Gasteiger partial charge in [-0.25, -0.2) is 0 Å². The topological polar surface area (TPSA) is 22.3 Å². The standard InChI is InChI=1S/C30H64N.CNS/c1-5-7-9-11-13-15-17-19-21-23-25-27-29-31(3,4)30-28-26-24-22-20-18-16-14-12-10-8-6-2;2-1-3/h5-30H2,1-4H3;/q+1;-1. The minimum atomic E-state index is 1.25. The largest absolute Gasteiger partial charge is 0.753 e. The van der Waals surface area contributed by atoms with Crippen LogP contribution in [0.15, 0.2) is 0 Å². The van der Waals surface area contributed by atoms with Gasteiger partial charge in [-0.05, 0) is 25.7 Å². The molecule has 0 aliphatic heterocycles. The van der Waals surface area contributed by atoms with E-state index in [2.05, 4.69) is 40.2 Å². The first kappa shape index (κ1) is 35.9. The summed E-state index contributed by atoms with van der Waals surface area (Å²) < 4.78 is 1.25. The maximum atomic E-state index is 7.13. The summed E-state index contributed by atoms with van der Waals surface area (Å²) in [6.45, 7) is 7.38. The first-order valence-corrected chi connectivity index (χ1v) is 15.8. The molecular weight excluding hydrogens is 432 g/mol. The third-order valence-electron chi connectivity index (χ3n) is 7.23.